The van der Waals surface area contributed by atoms with Gasteiger partial charge < -0.3 is 93.4 Å². The average Bonchev–Trinajstić information content (AvgIpc) is 0. The largest absolute Gasteiger partial charge is 4.00 e. The maximum Gasteiger partial charge on any atom is 4.00 e. The van der Waals surface area contributed by atoms with Crippen LogP contribution < -0.4 is 49.6 Å². The molecule has 0 amide bonds. The Labute approximate surface area is 163 Å². The third kappa shape index (κ3) is 382. The molecule has 0 saturated carbocycles. The summed E-state index contributed by atoms with van der Waals surface area (Å²) >= 11 is 0. The van der Waals surface area contributed by atoms with Crippen molar-refractivity contribution in [2.45, 2.75) is 0 Å². The van der Waals surface area contributed by atoms with Gasteiger partial charge in [-0.3, -0.25) is 0 Å². The zero-order valence-corrected chi connectivity index (χ0v) is 18.2. The Kier molecular flexibility index (Phi) is 15000. The Morgan fingerprint density at radius 3 is 0.200 bits per heavy atom. The molecule has 0 aliphatic carbocycles. The zero-order chi connectivity index (χ0) is 0. The molecule has 8 N–H and O–H groups in total. The maximum atomic E-state index is 0. The van der Waals surface area contributed by atoms with Crippen LogP contribution >= 0.6 is 0 Å². The number of halogens is 4. The fourth-order valence-electron chi connectivity index (χ4n) is 0. The van der Waals surface area contributed by atoms with Gasteiger partial charge in [0.25, 0.3) is 0 Å². The average molecular weight is 634 g/mol. The first-order valence-corrected chi connectivity index (χ1v) is 0. The minimum absolute atomic E-state index is 0. The van der Waals surface area contributed by atoms with Gasteiger partial charge in [0.1, 0.15) is 0 Å². The van der Waals surface area contributed by atoms with E-state index in [2.05, 4.69) is 0 Å². The smallest absolute Gasteiger partial charge is 1.00 e. The number of hydrogen-bond donors (Lipinski definition) is 0. The maximum absolute atomic E-state index is 0. The van der Waals surface area contributed by atoms with Crippen LogP contribution in [0.3, 0.4) is 0 Å². The van der Waals surface area contributed by atoms with Crippen molar-refractivity contribution in [1.29, 1.82) is 0 Å². The van der Waals surface area contributed by atoms with E-state index in [9.17, 15) is 0 Å². The predicted molar refractivity (Wildman–Crippen MR) is 32.7 cm³/mol. The molecule has 0 saturated heterocycles. The molecule has 0 fully saturated rings. The van der Waals surface area contributed by atoms with Crippen LogP contribution in [0.2, 0.25) is 0 Å². The van der Waals surface area contributed by atoms with E-state index in [0.717, 1.165) is 0 Å². The molecule has 0 bridgehead atoms. The molecule has 0 aliphatic heterocycles. The second-order valence-electron chi connectivity index (χ2n) is 0. The van der Waals surface area contributed by atoms with E-state index in [1.807, 2.05) is 0 Å². The van der Waals surface area contributed by atoms with Crippen LogP contribution in [-0.4, -0.2) is 116 Å². The standard InChI is InChI=1S/4ClH.8H2O.3Sn/h4*1H;8*1H2;;;/q;;;;;;;;;;;;3*+4/p-12. The minimum Gasteiger partial charge on any atom is -1.00 e. The molecule has 0 atom stereocenters. The van der Waals surface area contributed by atoms with Gasteiger partial charge in [0.2, 0.25) is 0 Å². The molecule has 15 heavy (non-hydrogen) atoms. The molecule has 0 rings (SSSR count). The molecular formula is H8Cl4O8Sn3. The molecule has 0 heterocycles. The van der Waals surface area contributed by atoms with Crippen LogP contribution in [0.5, 0.6) is 0 Å². The molecule has 15 heteroatoms. The monoisotopic (exact) mass is 636 g/mol. The molecule has 96 valence electrons. The van der Waals surface area contributed by atoms with Crippen molar-refractivity contribution in [3.63, 3.8) is 0 Å². The van der Waals surface area contributed by atoms with Crippen molar-refractivity contribution in [3.05, 3.63) is 0 Å². The van der Waals surface area contributed by atoms with Gasteiger partial charge in [-0.25, -0.2) is 0 Å². The van der Waals surface area contributed by atoms with E-state index >= 15 is 0 Å². The van der Waals surface area contributed by atoms with Gasteiger partial charge in [-0.2, -0.15) is 0 Å². The SMILES string of the molecule is [Cl-].[Cl-].[Cl-].[Cl-].[OH-].[OH-].[OH-].[OH-].[OH-].[OH-].[OH-].[OH-].[Sn+4].[Sn+4].[Sn+4]. The van der Waals surface area contributed by atoms with E-state index in [0.29, 0.717) is 0 Å². The molecule has 0 radical (unpaired) electrons. The van der Waals surface area contributed by atoms with Crippen LogP contribution in [0.1, 0.15) is 0 Å². The molecule has 0 spiro atoms. The van der Waals surface area contributed by atoms with Crippen LogP contribution in [0.15, 0.2) is 0 Å². The summed E-state index contributed by atoms with van der Waals surface area (Å²) in [6.07, 6.45) is 0. The second kappa shape index (κ2) is 434. The van der Waals surface area contributed by atoms with Crippen molar-refractivity contribution in [1.82, 2.24) is 0 Å². The van der Waals surface area contributed by atoms with Gasteiger partial charge in [-0.1, -0.05) is 0 Å². The Morgan fingerprint density at radius 1 is 0.200 bits per heavy atom. The van der Waals surface area contributed by atoms with E-state index < -0.39 is 0 Å². The molecule has 0 aromatic carbocycles. The summed E-state index contributed by atoms with van der Waals surface area (Å²) in [5, 5.41) is 0. The molecule has 0 aliphatic rings. The molecule has 8 nitrogen and oxygen atoms in total. The van der Waals surface area contributed by atoms with Crippen LogP contribution in [0.25, 0.3) is 0 Å². The fourth-order valence-corrected chi connectivity index (χ4v) is 0. The molecule has 0 aromatic heterocycles. The van der Waals surface area contributed by atoms with E-state index in [1.165, 1.54) is 0 Å². The van der Waals surface area contributed by atoms with Gasteiger partial charge >= 0.3 is 71.7 Å². The second-order valence-corrected chi connectivity index (χ2v) is 0. The Bertz CT molecular complexity index is 21.8. The summed E-state index contributed by atoms with van der Waals surface area (Å²) in [6.45, 7) is 0. The summed E-state index contributed by atoms with van der Waals surface area (Å²) in [5.74, 6) is 0. The third-order valence-corrected chi connectivity index (χ3v) is 0. The topological polar surface area (TPSA) is 240 Å². The van der Waals surface area contributed by atoms with Gasteiger partial charge in [0, 0.05) is 0 Å². The third-order valence-electron chi connectivity index (χ3n) is 0. The van der Waals surface area contributed by atoms with Crippen LogP contribution in [0.4, 0.5) is 0 Å². The quantitative estimate of drug-likeness (QED) is 0.231. The van der Waals surface area contributed by atoms with Crippen molar-refractivity contribution in [3.8, 4) is 0 Å². The van der Waals surface area contributed by atoms with Gasteiger partial charge in [0.05, 0.1) is 0 Å². The Morgan fingerprint density at radius 2 is 0.200 bits per heavy atom. The summed E-state index contributed by atoms with van der Waals surface area (Å²) < 4.78 is 0. The summed E-state index contributed by atoms with van der Waals surface area (Å²) in [7, 11) is 0. The fraction of sp³-hybridized carbons (Fsp3) is 0. The van der Waals surface area contributed by atoms with E-state index in [4.69, 9.17) is 0 Å². The van der Waals surface area contributed by atoms with E-state index in [1.54, 1.807) is 0 Å². The van der Waals surface area contributed by atoms with Gasteiger partial charge in [0.15, 0.2) is 0 Å². The first-order valence-electron chi connectivity index (χ1n) is 0. The first kappa shape index (κ1) is 517. The predicted octanol–water partition coefficient (Wildman–Crippen LogP) is -14.5. The number of rotatable bonds is 0. The molecular weight excluding hydrogens is 626 g/mol. The number of hydrogen-bond acceptors (Lipinski definition) is 8. The van der Waals surface area contributed by atoms with Crippen molar-refractivity contribution in [2.75, 3.05) is 0 Å². The zero-order valence-electron chi connectivity index (χ0n) is 6.59. The Balaban J connectivity index is 0. The van der Waals surface area contributed by atoms with Crippen molar-refractivity contribution in [2.24, 2.45) is 0 Å². The summed E-state index contributed by atoms with van der Waals surface area (Å²) in [5.41, 5.74) is 0. The van der Waals surface area contributed by atoms with Crippen molar-refractivity contribution < 1.29 is 93.4 Å². The summed E-state index contributed by atoms with van der Waals surface area (Å²) in [4.78, 5) is 0. The van der Waals surface area contributed by atoms with Gasteiger partial charge in [-0.05, 0) is 0 Å². The minimum atomic E-state index is 0. The van der Waals surface area contributed by atoms with Crippen LogP contribution in [0, 0.1) is 0 Å². The molecule has 0 unspecified atom stereocenters. The van der Waals surface area contributed by atoms with E-state index in [-0.39, 0.29) is 165 Å². The van der Waals surface area contributed by atoms with Gasteiger partial charge in [-0.15, -0.1) is 0 Å². The molecule has 0 aromatic rings. The van der Waals surface area contributed by atoms with Crippen molar-refractivity contribution >= 4 is 71.7 Å². The first-order chi connectivity index (χ1) is 0. The normalized spacial score (nSPS) is 0. The summed E-state index contributed by atoms with van der Waals surface area (Å²) in [6, 6.07) is 0. The Hall–Kier alpha value is 3.24. The van der Waals surface area contributed by atoms with Crippen LogP contribution in [-0.2, 0) is 0 Å².